The van der Waals surface area contributed by atoms with E-state index in [2.05, 4.69) is 17.4 Å². The fraction of sp³-hybridized carbons (Fsp3) is 0.208. The van der Waals surface area contributed by atoms with Gasteiger partial charge in [0.1, 0.15) is 11.5 Å². The van der Waals surface area contributed by atoms with E-state index in [9.17, 15) is 4.79 Å². The van der Waals surface area contributed by atoms with Crippen LogP contribution >= 0.6 is 11.6 Å². The average Bonchev–Trinajstić information content (AvgIpc) is 3.21. The number of carbonyl (C=O) groups excluding carboxylic acids is 1. The number of amides is 1. The van der Waals surface area contributed by atoms with Gasteiger partial charge in [0, 0.05) is 28.1 Å². The summed E-state index contributed by atoms with van der Waals surface area (Å²) >= 11 is 6.26. The zero-order valence-corrected chi connectivity index (χ0v) is 16.4. The Kier molecular flexibility index (Phi) is 4.13. The Morgan fingerprint density at radius 1 is 1.11 bits per heavy atom. The minimum atomic E-state index is -0.117. The molecule has 3 nitrogen and oxygen atoms in total. The number of hydrogen-bond acceptors (Lipinski definition) is 2. The van der Waals surface area contributed by atoms with Gasteiger partial charge in [-0.1, -0.05) is 41.9 Å². The minimum absolute atomic E-state index is 0.117. The van der Waals surface area contributed by atoms with Crippen molar-refractivity contribution < 1.29 is 9.21 Å². The second-order valence-electron chi connectivity index (χ2n) is 7.47. The highest BCUT2D eigenvalue weighted by molar-refractivity contribution is 6.37. The lowest BCUT2D eigenvalue weighted by Crippen LogP contribution is -2.04. The van der Waals surface area contributed by atoms with E-state index < -0.39 is 0 Å². The van der Waals surface area contributed by atoms with Gasteiger partial charge in [-0.2, -0.15) is 0 Å². The van der Waals surface area contributed by atoms with Crippen LogP contribution in [0.15, 0.2) is 46.9 Å². The van der Waals surface area contributed by atoms with Crippen molar-refractivity contribution in [3.63, 3.8) is 0 Å². The molecule has 2 heterocycles. The maximum Gasteiger partial charge on any atom is 0.256 e. The summed E-state index contributed by atoms with van der Waals surface area (Å²) in [6, 6.07) is 14.0. The second kappa shape index (κ2) is 6.68. The van der Waals surface area contributed by atoms with Crippen LogP contribution in [0.3, 0.4) is 0 Å². The monoisotopic (exact) mass is 389 g/mol. The highest BCUT2D eigenvalue weighted by Crippen LogP contribution is 2.42. The van der Waals surface area contributed by atoms with Crippen LogP contribution in [0.4, 0.5) is 5.69 Å². The molecule has 4 heteroatoms. The van der Waals surface area contributed by atoms with E-state index in [1.165, 1.54) is 12.0 Å². The summed E-state index contributed by atoms with van der Waals surface area (Å²) < 4.78 is 6.29. The van der Waals surface area contributed by atoms with E-state index >= 15 is 0 Å². The molecule has 28 heavy (non-hydrogen) atoms. The van der Waals surface area contributed by atoms with Crippen molar-refractivity contribution in [1.82, 2.24) is 0 Å². The maximum absolute atomic E-state index is 12.7. The van der Waals surface area contributed by atoms with Gasteiger partial charge in [0.2, 0.25) is 0 Å². The van der Waals surface area contributed by atoms with Crippen LogP contribution in [0.5, 0.6) is 0 Å². The number of halogens is 1. The van der Waals surface area contributed by atoms with Gasteiger partial charge in [-0.25, -0.2) is 0 Å². The first kappa shape index (κ1) is 17.3. The molecule has 0 saturated carbocycles. The predicted molar refractivity (Wildman–Crippen MR) is 113 cm³/mol. The number of hydrogen-bond donors (Lipinski definition) is 1. The van der Waals surface area contributed by atoms with Gasteiger partial charge in [-0.05, 0) is 55.5 Å². The van der Waals surface area contributed by atoms with Crippen molar-refractivity contribution in [2.45, 2.75) is 32.6 Å². The van der Waals surface area contributed by atoms with Crippen molar-refractivity contribution in [1.29, 1.82) is 0 Å². The summed E-state index contributed by atoms with van der Waals surface area (Å²) in [6.07, 6.45) is 6.16. The number of furan rings is 1. The van der Waals surface area contributed by atoms with Crippen molar-refractivity contribution in [2.75, 3.05) is 5.32 Å². The smallest absolute Gasteiger partial charge is 0.256 e. The number of aryl methyl sites for hydroxylation is 2. The molecule has 1 amide bonds. The van der Waals surface area contributed by atoms with Crippen molar-refractivity contribution in [2.24, 2.45) is 0 Å². The number of benzene rings is 2. The molecule has 0 unspecified atom stereocenters. The fourth-order valence-corrected chi connectivity index (χ4v) is 4.58. The van der Waals surface area contributed by atoms with Crippen LogP contribution < -0.4 is 5.32 Å². The van der Waals surface area contributed by atoms with Gasteiger partial charge in [-0.15, -0.1) is 0 Å². The van der Waals surface area contributed by atoms with Crippen molar-refractivity contribution >= 4 is 34.8 Å². The van der Waals surface area contributed by atoms with Crippen LogP contribution in [0.1, 0.15) is 41.1 Å². The van der Waals surface area contributed by atoms with E-state index in [0.717, 1.165) is 58.7 Å². The average molecular weight is 390 g/mol. The first-order valence-corrected chi connectivity index (χ1v) is 10.0. The van der Waals surface area contributed by atoms with Gasteiger partial charge >= 0.3 is 0 Å². The number of nitrogens with one attached hydrogen (secondary N) is 1. The lowest BCUT2D eigenvalue weighted by atomic mass is 9.91. The van der Waals surface area contributed by atoms with E-state index in [1.807, 2.05) is 43.3 Å². The summed E-state index contributed by atoms with van der Waals surface area (Å²) in [6.45, 7) is 1.95. The number of carbonyl (C=O) groups is 1. The molecule has 0 bridgehead atoms. The largest absolute Gasteiger partial charge is 0.461 e. The first-order chi connectivity index (χ1) is 13.6. The summed E-state index contributed by atoms with van der Waals surface area (Å²) in [4.78, 5) is 12.7. The minimum Gasteiger partial charge on any atom is -0.461 e. The van der Waals surface area contributed by atoms with Gasteiger partial charge in [0.25, 0.3) is 5.91 Å². The van der Waals surface area contributed by atoms with Crippen LogP contribution in [0, 0.1) is 6.92 Å². The quantitative estimate of drug-likeness (QED) is 0.524. The first-order valence-electron chi connectivity index (χ1n) is 9.65. The molecule has 2 aromatic carbocycles. The Balaban J connectivity index is 1.72. The summed E-state index contributed by atoms with van der Waals surface area (Å²) in [5.41, 5.74) is 6.75. The Hall–Kier alpha value is -2.78. The number of rotatable bonds is 2. The molecule has 0 fully saturated rings. The summed E-state index contributed by atoms with van der Waals surface area (Å²) in [7, 11) is 0. The normalized spacial score (nSPS) is 16.8. The standard InChI is InChI=1S/C24H20ClNO2/c1-14-11-16(25)12-18-19(24(27)26-23(14)18)13-21-22(15-7-3-2-4-8-15)17-9-5-6-10-20(17)28-21/h2-4,7-8,11-13H,5-6,9-10H2,1H3,(H,26,27). The van der Waals surface area contributed by atoms with Crippen molar-refractivity contribution in [3.05, 3.63) is 75.7 Å². The topological polar surface area (TPSA) is 42.2 Å². The van der Waals surface area contributed by atoms with E-state index in [1.54, 1.807) is 0 Å². The Morgan fingerprint density at radius 3 is 2.71 bits per heavy atom. The molecule has 0 atom stereocenters. The lowest BCUT2D eigenvalue weighted by molar-refractivity contribution is -0.110. The number of fused-ring (bicyclic) bond motifs is 2. The molecule has 0 saturated heterocycles. The third-order valence-electron chi connectivity index (χ3n) is 5.61. The molecule has 0 spiro atoms. The van der Waals surface area contributed by atoms with E-state index in [0.29, 0.717) is 10.6 Å². The Bertz CT molecular complexity index is 1130. The van der Waals surface area contributed by atoms with E-state index in [-0.39, 0.29) is 5.91 Å². The summed E-state index contributed by atoms with van der Waals surface area (Å²) in [5.74, 6) is 1.69. The molecule has 0 radical (unpaired) electrons. The molecular weight excluding hydrogens is 370 g/mol. The summed E-state index contributed by atoms with van der Waals surface area (Å²) in [5, 5.41) is 3.60. The third-order valence-corrected chi connectivity index (χ3v) is 5.83. The molecule has 1 N–H and O–H groups in total. The fourth-order valence-electron chi connectivity index (χ4n) is 4.31. The SMILES string of the molecule is Cc1cc(Cl)cc2c1NC(=O)C2=Cc1oc2c(c1-c1ccccc1)CCCC2. The van der Waals surface area contributed by atoms with Gasteiger partial charge in [-0.3, -0.25) is 4.79 Å². The Morgan fingerprint density at radius 2 is 1.89 bits per heavy atom. The van der Waals surface area contributed by atoms with Gasteiger partial charge in [0.15, 0.2) is 0 Å². The van der Waals surface area contributed by atoms with Crippen LogP contribution in [0.2, 0.25) is 5.02 Å². The number of anilines is 1. The molecule has 5 rings (SSSR count). The maximum atomic E-state index is 12.7. The predicted octanol–water partition coefficient (Wildman–Crippen LogP) is 6.28. The van der Waals surface area contributed by atoms with Crippen LogP contribution in [-0.2, 0) is 17.6 Å². The zero-order valence-electron chi connectivity index (χ0n) is 15.6. The van der Waals surface area contributed by atoms with E-state index in [4.69, 9.17) is 16.0 Å². The molecule has 2 aliphatic rings. The van der Waals surface area contributed by atoms with Gasteiger partial charge in [0.05, 0.1) is 11.3 Å². The molecular formula is C24H20ClNO2. The lowest BCUT2D eigenvalue weighted by Gasteiger charge is -2.11. The van der Waals surface area contributed by atoms with Crippen LogP contribution in [-0.4, -0.2) is 5.91 Å². The molecule has 1 aliphatic heterocycles. The van der Waals surface area contributed by atoms with Crippen LogP contribution in [0.25, 0.3) is 22.8 Å². The second-order valence-corrected chi connectivity index (χ2v) is 7.91. The zero-order chi connectivity index (χ0) is 19.3. The molecule has 1 aliphatic carbocycles. The van der Waals surface area contributed by atoms with Crippen molar-refractivity contribution in [3.8, 4) is 11.1 Å². The highest BCUT2D eigenvalue weighted by Gasteiger charge is 2.29. The Labute approximate surface area is 169 Å². The molecule has 1 aromatic heterocycles. The third kappa shape index (κ3) is 2.78. The highest BCUT2D eigenvalue weighted by atomic mass is 35.5. The molecule has 3 aromatic rings. The van der Waals surface area contributed by atoms with Gasteiger partial charge < -0.3 is 9.73 Å². The molecule has 140 valence electrons.